The first-order chi connectivity index (χ1) is 10.2. The molecular formula is C16H14Cl4O2. The first kappa shape index (κ1) is 19.3. The molecule has 2 aromatic carbocycles. The van der Waals surface area contributed by atoms with Crippen LogP contribution in [0.5, 0.6) is 0 Å². The maximum atomic E-state index is 10.8. The highest BCUT2D eigenvalue weighted by atomic mass is 35.5. The van der Waals surface area contributed by atoms with Crippen LogP contribution in [0.25, 0.3) is 0 Å². The van der Waals surface area contributed by atoms with Crippen molar-refractivity contribution in [2.45, 2.75) is 20.0 Å². The lowest BCUT2D eigenvalue weighted by Gasteiger charge is -2.06. The fourth-order valence-corrected chi connectivity index (χ4v) is 2.72. The third-order valence-electron chi connectivity index (χ3n) is 2.72. The molecule has 0 saturated heterocycles. The standard InChI is InChI=1S/C8H8Cl2O.C8H6Cl2O/c2*1-5(11)7-3-2-6(9)4-8(7)10/h2-5,11H,1H3;2-4H,1H3/t5-;/m0./s1. The molecule has 2 nitrogen and oxygen atoms in total. The predicted molar refractivity (Wildman–Crippen MR) is 93.6 cm³/mol. The van der Waals surface area contributed by atoms with E-state index in [1.807, 2.05) is 0 Å². The molecule has 118 valence electrons. The Morgan fingerprint density at radius 1 is 0.955 bits per heavy atom. The molecule has 0 bridgehead atoms. The monoisotopic (exact) mass is 378 g/mol. The number of rotatable bonds is 2. The number of hydrogen-bond acceptors (Lipinski definition) is 2. The van der Waals surface area contributed by atoms with Gasteiger partial charge >= 0.3 is 0 Å². The Bertz CT molecular complexity index is 669. The summed E-state index contributed by atoms with van der Waals surface area (Å²) >= 11 is 22.8. The van der Waals surface area contributed by atoms with Crippen molar-refractivity contribution in [1.29, 1.82) is 0 Å². The Balaban J connectivity index is 0.000000220. The first-order valence-electron chi connectivity index (χ1n) is 6.31. The van der Waals surface area contributed by atoms with Gasteiger partial charge in [-0.25, -0.2) is 0 Å². The molecule has 6 heteroatoms. The number of carbonyl (C=O) groups excluding carboxylic acids is 1. The fraction of sp³-hybridized carbons (Fsp3) is 0.188. The number of hydrogen-bond donors (Lipinski definition) is 1. The van der Waals surface area contributed by atoms with Gasteiger partial charge < -0.3 is 5.11 Å². The maximum Gasteiger partial charge on any atom is 0.161 e. The molecule has 0 aromatic heterocycles. The van der Waals surface area contributed by atoms with Crippen molar-refractivity contribution in [2.24, 2.45) is 0 Å². The van der Waals surface area contributed by atoms with E-state index in [9.17, 15) is 4.79 Å². The van der Waals surface area contributed by atoms with Crippen LogP contribution in [0.3, 0.4) is 0 Å². The van der Waals surface area contributed by atoms with Crippen molar-refractivity contribution >= 4 is 52.2 Å². The summed E-state index contributed by atoms with van der Waals surface area (Å²) in [6.07, 6.45) is -0.542. The van der Waals surface area contributed by atoms with Crippen LogP contribution in [0.2, 0.25) is 20.1 Å². The summed E-state index contributed by atoms with van der Waals surface area (Å²) in [5.41, 5.74) is 1.21. The predicted octanol–water partition coefficient (Wildman–Crippen LogP) is 6.24. The van der Waals surface area contributed by atoms with Crippen molar-refractivity contribution in [1.82, 2.24) is 0 Å². The molecule has 0 aliphatic heterocycles. The van der Waals surface area contributed by atoms with Gasteiger partial charge in [0, 0.05) is 20.6 Å². The summed E-state index contributed by atoms with van der Waals surface area (Å²) in [6.45, 7) is 3.13. The van der Waals surface area contributed by atoms with E-state index in [1.54, 1.807) is 43.3 Å². The Hall–Kier alpha value is -0.770. The van der Waals surface area contributed by atoms with Gasteiger partial charge in [-0.05, 0) is 49.7 Å². The summed E-state index contributed by atoms with van der Waals surface area (Å²) in [4.78, 5) is 10.8. The molecule has 2 rings (SSSR count). The zero-order valence-corrected chi connectivity index (χ0v) is 14.9. The molecule has 0 unspecified atom stereocenters. The maximum absolute atomic E-state index is 10.8. The van der Waals surface area contributed by atoms with Gasteiger partial charge in [-0.15, -0.1) is 0 Å². The van der Waals surface area contributed by atoms with Crippen molar-refractivity contribution in [3.05, 3.63) is 67.6 Å². The fourth-order valence-electron chi connectivity index (χ4n) is 1.62. The van der Waals surface area contributed by atoms with Gasteiger partial charge in [-0.3, -0.25) is 4.79 Å². The summed E-state index contributed by atoms with van der Waals surface area (Å²) in [5.74, 6) is -0.0494. The average Bonchev–Trinajstić information content (AvgIpc) is 2.38. The van der Waals surface area contributed by atoms with E-state index in [0.717, 1.165) is 0 Å². The van der Waals surface area contributed by atoms with Crippen LogP contribution in [0, 0.1) is 0 Å². The topological polar surface area (TPSA) is 37.3 Å². The van der Waals surface area contributed by atoms with E-state index in [1.165, 1.54) is 6.92 Å². The lowest BCUT2D eigenvalue weighted by Crippen LogP contribution is -1.91. The SMILES string of the molecule is CC(=O)c1ccc(Cl)cc1Cl.C[C@H](O)c1ccc(Cl)cc1Cl. The molecule has 0 aliphatic rings. The number of halogens is 4. The number of benzene rings is 2. The van der Waals surface area contributed by atoms with Gasteiger partial charge in [0.05, 0.1) is 11.1 Å². The Kier molecular flexibility index (Phi) is 7.67. The van der Waals surface area contributed by atoms with Crippen molar-refractivity contribution in [2.75, 3.05) is 0 Å². The number of ketones is 1. The van der Waals surface area contributed by atoms with E-state index in [2.05, 4.69) is 0 Å². The minimum Gasteiger partial charge on any atom is -0.389 e. The van der Waals surface area contributed by atoms with Crippen molar-refractivity contribution in [3.63, 3.8) is 0 Å². The Morgan fingerprint density at radius 2 is 1.45 bits per heavy atom. The molecule has 2 aromatic rings. The quantitative estimate of drug-likeness (QED) is 0.626. The molecule has 22 heavy (non-hydrogen) atoms. The lowest BCUT2D eigenvalue weighted by molar-refractivity contribution is 0.101. The molecule has 1 atom stereocenters. The second kappa shape index (κ2) is 8.76. The van der Waals surface area contributed by atoms with Crippen molar-refractivity contribution < 1.29 is 9.90 Å². The average molecular weight is 380 g/mol. The number of Topliss-reactive ketones (excluding diaryl/α,β-unsaturated/α-hetero) is 1. The molecular weight excluding hydrogens is 366 g/mol. The highest BCUT2D eigenvalue weighted by Gasteiger charge is 2.05. The van der Waals surface area contributed by atoms with Crippen LogP contribution < -0.4 is 0 Å². The van der Waals surface area contributed by atoms with Crippen LogP contribution in [0.4, 0.5) is 0 Å². The third kappa shape index (κ3) is 5.79. The second-order valence-electron chi connectivity index (χ2n) is 4.52. The van der Waals surface area contributed by atoms with Gasteiger partial charge in [0.2, 0.25) is 0 Å². The van der Waals surface area contributed by atoms with Crippen LogP contribution in [-0.2, 0) is 0 Å². The first-order valence-corrected chi connectivity index (χ1v) is 7.82. The smallest absolute Gasteiger partial charge is 0.161 e. The van der Waals surface area contributed by atoms with E-state index >= 15 is 0 Å². The Morgan fingerprint density at radius 3 is 1.86 bits per heavy atom. The molecule has 0 saturated carbocycles. The Labute approximate surface area is 149 Å². The summed E-state index contributed by atoms with van der Waals surface area (Å²) in [7, 11) is 0. The molecule has 0 spiro atoms. The minimum atomic E-state index is -0.542. The normalized spacial score (nSPS) is 11.4. The second-order valence-corrected chi connectivity index (χ2v) is 6.21. The molecule has 0 fully saturated rings. The molecule has 0 radical (unpaired) electrons. The number of aliphatic hydroxyl groups excluding tert-OH is 1. The molecule has 0 aliphatic carbocycles. The highest BCUT2D eigenvalue weighted by molar-refractivity contribution is 6.36. The van der Waals surface area contributed by atoms with Crippen LogP contribution in [-0.4, -0.2) is 10.9 Å². The van der Waals surface area contributed by atoms with Gasteiger partial charge in [0.25, 0.3) is 0 Å². The molecule has 0 amide bonds. The van der Waals surface area contributed by atoms with Crippen LogP contribution in [0.15, 0.2) is 36.4 Å². The summed E-state index contributed by atoms with van der Waals surface area (Å²) in [5, 5.41) is 11.2. The zero-order chi connectivity index (χ0) is 16.9. The van der Waals surface area contributed by atoms with Gasteiger partial charge in [0.15, 0.2) is 5.78 Å². The van der Waals surface area contributed by atoms with E-state index in [4.69, 9.17) is 51.5 Å². The van der Waals surface area contributed by atoms with E-state index in [-0.39, 0.29) is 5.78 Å². The number of aliphatic hydroxyl groups is 1. The number of carbonyl (C=O) groups is 1. The van der Waals surface area contributed by atoms with E-state index in [0.29, 0.717) is 31.2 Å². The van der Waals surface area contributed by atoms with Crippen LogP contribution in [0.1, 0.15) is 35.9 Å². The van der Waals surface area contributed by atoms with Crippen molar-refractivity contribution in [3.8, 4) is 0 Å². The highest BCUT2D eigenvalue weighted by Crippen LogP contribution is 2.25. The van der Waals surface area contributed by atoms with Crippen LogP contribution >= 0.6 is 46.4 Å². The van der Waals surface area contributed by atoms with E-state index < -0.39 is 6.10 Å². The van der Waals surface area contributed by atoms with Gasteiger partial charge in [-0.1, -0.05) is 52.5 Å². The minimum absolute atomic E-state index is 0.0494. The summed E-state index contributed by atoms with van der Waals surface area (Å²) < 4.78 is 0. The third-order valence-corrected chi connectivity index (χ3v) is 3.83. The molecule has 1 N–H and O–H groups in total. The molecule has 0 heterocycles. The lowest BCUT2D eigenvalue weighted by atomic mass is 10.1. The van der Waals surface area contributed by atoms with Gasteiger partial charge in [-0.2, -0.15) is 0 Å². The largest absolute Gasteiger partial charge is 0.389 e. The summed E-state index contributed by atoms with van der Waals surface area (Å²) in [6, 6.07) is 9.85. The van der Waals surface area contributed by atoms with Gasteiger partial charge in [0.1, 0.15) is 0 Å². The zero-order valence-electron chi connectivity index (χ0n) is 11.9.